The van der Waals surface area contributed by atoms with Crippen molar-refractivity contribution in [3.05, 3.63) is 24.0 Å². The largest absolute Gasteiger partial charge is 0.387 e. The van der Waals surface area contributed by atoms with Crippen LogP contribution in [0.25, 0.3) is 0 Å². The minimum absolute atomic E-state index is 0.0425. The summed E-state index contributed by atoms with van der Waals surface area (Å²) >= 11 is 1.94. The van der Waals surface area contributed by atoms with E-state index in [0.717, 1.165) is 31.0 Å². The number of nitrogens with one attached hydrogen (secondary N) is 1. The summed E-state index contributed by atoms with van der Waals surface area (Å²) in [7, 11) is 1.84. The Bertz CT molecular complexity index is 445. The van der Waals surface area contributed by atoms with E-state index in [0.29, 0.717) is 5.69 Å². The van der Waals surface area contributed by atoms with E-state index in [1.165, 1.54) is 0 Å². The Balaban J connectivity index is 2.06. The SMILES string of the molecule is CNc1ccc(C(=O)N2CCSC(C)(C)CC2)nc1. The molecule has 2 heterocycles. The van der Waals surface area contributed by atoms with Crippen LogP contribution in [0.15, 0.2) is 18.3 Å². The first-order valence-corrected chi connectivity index (χ1v) is 7.57. The molecule has 0 saturated carbocycles. The highest BCUT2D eigenvalue weighted by atomic mass is 32.2. The molecule has 4 nitrogen and oxygen atoms in total. The Morgan fingerprint density at radius 3 is 2.84 bits per heavy atom. The second-order valence-corrected chi connectivity index (χ2v) is 7.13. The lowest BCUT2D eigenvalue weighted by molar-refractivity contribution is 0.0759. The van der Waals surface area contributed by atoms with Gasteiger partial charge in [0.1, 0.15) is 5.69 Å². The van der Waals surface area contributed by atoms with Crippen molar-refractivity contribution in [2.24, 2.45) is 0 Å². The van der Waals surface area contributed by atoms with Crippen molar-refractivity contribution in [3.63, 3.8) is 0 Å². The summed E-state index contributed by atoms with van der Waals surface area (Å²) in [5, 5.41) is 3.00. The molecule has 104 valence electrons. The summed E-state index contributed by atoms with van der Waals surface area (Å²) in [6.07, 6.45) is 2.72. The smallest absolute Gasteiger partial charge is 0.272 e. The molecule has 0 radical (unpaired) electrons. The highest BCUT2D eigenvalue weighted by Gasteiger charge is 2.26. The van der Waals surface area contributed by atoms with Crippen LogP contribution in [0.4, 0.5) is 5.69 Å². The number of carbonyl (C=O) groups is 1. The van der Waals surface area contributed by atoms with Crippen LogP contribution in [0.3, 0.4) is 0 Å². The molecule has 1 aromatic rings. The van der Waals surface area contributed by atoms with Crippen molar-refractivity contribution >= 4 is 23.4 Å². The Morgan fingerprint density at radius 1 is 1.42 bits per heavy atom. The molecule has 0 spiro atoms. The zero-order valence-corrected chi connectivity index (χ0v) is 12.6. The van der Waals surface area contributed by atoms with Crippen molar-refractivity contribution in [3.8, 4) is 0 Å². The normalized spacial score (nSPS) is 18.8. The minimum Gasteiger partial charge on any atom is -0.387 e. The molecule has 0 aliphatic carbocycles. The van der Waals surface area contributed by atoms with E-state index in [-0.39, 0.29) is 10.7 Å². The van der Waals surface area contributed by atoms with Crippen molar-refractivity contribution in [1.29, 1.82) is 0 Å². The Labute approximate surface area is 119 Å². The number of nitrogens with zero attached hydrogens (tertiary/aromatic N) is 2. The third-order valence-electron chi connectivity index (χ3n) is 3.40. The summed E-state index contributed by atoms with van der Waals surface area (Å²) in [6, 6.07) is 3.67. The lowest BCUT2D eigenvalue weighted by atomic mass is 10.1. The topological polar surface area (TPSA) is 45.2 Å². The maximum atomic E-state index is 12.4. The molecule has 1 amide bonds. The molecule has 2 rings (SSSR count). The maximum absolute atomic E-state index is 12.4. The van der Waals surface area contributed by atoms with Crippen molar-refractivity contribution in [1.82, 2.24) is 9.88 Å². The van der Waals surface area contributed by atoms with Crippen LogP contribution < -0.4 is 5.32 Å². The van der Waals surface area contributed by atoms with E-state index >= 15 is 0 Å². The third-order valence-corrected chi connectivity index (χ3v) is 4.77. The van der Waals surface area contributed by atoms with Gasteiger partial charge in [-0.25, -0.2) is 4.98 Å². The molecule has 1 aliphatic rings. The third kappa shape index (κ3) is 3.62. The van der Waals surface area contributed by atoms with Gasteiger partial charge in [0.2, 0.25) is 0 Å². The van der Waals surface area contributed by atoms with Crippen LogP contribution in [-0.4, -0.2) is 46.4 Å². The first-order valence-electron chi connectivity index (χ1n) is 6.59. The van der Waals surface area contributed by atoms with Crippen molar-refractivity contribution < 1.29 is 4.79 Å². The molecule has 0 atom stereocenters. The van der Waals surface area contributed by atoms with Gasteiger partial charge in [-0.15, -0.1) is 0 Å². The van der Waals surface area contributed by atoms with Crippen LogP contribution in [0, 0.1) is 0 Å². The van der Waals surface area contributed by atoms with Gasteiger partial charge in [-0.05, 0) is 18.6 Å². The van der Waals surface area contributed by atoms with Crippen LogP contribution in [0.1, 0.15) is 30.8 Å². The first kappa shape index (κ1) is 14.2. The number of hydrogen-bond acceptors (Lipinski definition) is 4. The molecule has 0 aromatic carbocycles. The summed E-state index contributed by atoms with van der Waals surface area (Å²) in [6.45, 7) is 6.11. The number of carbonyl (C=O) groups excluding carboxylic acids is 1. The minimum atomic E-state index is 0.0425. The molecule has 1 aliphatic heterocycles. The second-order valence-electron chi connectivity index (χ2n) is 5.33. The zero-order valence-electron chi connectivity index (χ0n) is 11.8. The quantitative estimate of drug-likeness (QED) is 0.903. The summed E-state index contributed by atoms with van der Waals surface area (Å²) < 4.78 is 0.262. The van der Waals surface area contributed by atoms with Gasteiger partial charge < -0.3 is 10.2 Å². The standard InChI is InChI=1S/C14H21N3OS/c1-14(2)6-7-17(8-9-19-14)13(18)12-5-4-11(15-3)10-16-12/h4-5,10,15H,6-9H2,1-3H3. The molecule has 19 heavy (non-hydrogen) atoms. The molecule has 1 fully saturated rings. The van der Waals surface area contributed by atoms with Crippen LogP contribution in [0.5, 0.6) is 0 Å². The fraction of sp³-hybridized carbons (Fsp3) is 0.571. The maximum Gasteiger partial charge on any atom is 0.272 e. The van der Waals surface area contributed by atoms with Crippen LogP contribution >= 0.6 is 11.8 Å². The number of hydrogen-bond donors (Lipinski definition) is 1. The van der Waals surface area contributed by atoms with E-state index < -0.39 is 0 Å². The summed E-state index contributed by atoms with van der Waals surface area (Å²) in [5.41, 5.74) is 1.45. The first-order chi connectivity index (χ1) is 9.02. The predicted octanol–water partition coefficient (Wildman–Crippen LogP) is 2.48. The Morgan fingerprint density at radius 2 is 2.21 bits per heavy atom. The highest BCUT2D eigenvalue weighted by Crippen LogP contribution is 2.30. The fourth-order valence-electron chi connectivity index (χ4n) is 2.05. The fourth-order valence-corrected chi connectivity index (χ4v) is 3.15. The van der Waals surface area contributed by atoms with E-state index in [2.05, 4.69) is 24.1 Å². The number of thioether (sulfide) groups is 1. The van der Waals surface area contributed by atoms with Gasteiger partial charge in [0, 0.05) is 30.6 Å². The van der Waals surface area contributed by atoms with E-state index in [1.807, 2.05) is 29.8 Å². The molecule has 0 unspecified atom stereocenters. The van der Waals surface area contributed by atoms with Gasteiger partial charge in [0.15, 0.2) is 0 Å². The Hall–Kier alpha value is -1.23. The molecule has 0 bridgehead atoms. The predicted molar refractivity (Wildman–Crippen MR) is 80.8 cm³/mol. The lowest BCUT2D eigenvalue weighted by Gasteiger charge is -2.22. The summed E-state index contributed by atoms with van der Waals surface area (Å²) in [5.74, 6) is 1.04. The van der Waals surface area contributed by atoms with Gasteiger partial charge in [-0.1, -0.05) is 13.8 Å². The Kier molecular flexibility index (Phi) is 4.34. The van der Waals surface area contributed by atoms with Crippen molar-refractivity contribution in [2.45, 2.75) is 25.0 Å². The van der Waals surface area contributed by atoms with E-state index in [9.17, 15) is 4.79 Å². The van der Waals surface area contributed by atoms with Gasteiger partial charge in [-0.2, -0.15) is 11.8 Å². The zero-order chi connectivity index (χ0) is 13.9. The number of aromatic nitrogens is 1. The summed E-state index contributed by atoms with van der Waals surface area (Å²) in [4.78, 5) is 18.5. The van der Waals surface area contributed by atoms with E-state index in [1.54, 1.807) is 12.3 Å². The van der Waals surface area contributed by atoms with Gasteiger partial charge >= 0.3 is 0 Å². The molecule has 1 aromatic heterocycles. The monoisotopic (exact) mass is 279 g/mol. The molecular weight excluding hydrogens is 258 g/mol. The van der Waals surface area contributed by atoms with Crippen LogP contribution in [-0.2, 0) is 0 Å². The van der Waals surface area contributed by atoms with Gasteiger partial charge in [0.05, 0.1) is 11.9 Å². The molecular formula is C14H21N3OS. The number of anilines is 1. The van der Waals surface area contributed by atoms with Crippen molar-refractivity contribution in [2.75, 3.05) is 31.2 Å². The second kappa shape index (κ2) is 5.82. The van der Waals surface area contributed by atoms with E-state index in [4.69, 9.17) is 0 Å². The van der Waals surface area contributed by atoms with Gasteiger partial charge in [0.25, 0.3) is 5.91 Å². The molecule has 5 heteroatoms. The van der Waals surface area contributed by atoms with Gasteiger partial charge in [-0.3, -0.25) is 4.79 Å². The molecule has 1 saturated heterocycles. The molecule has 1 N–H and O–H groups in total. The number of amides is 1. The highest BCUT2D eigenvalue weighted by molar-refractivity contribution is 8.00. The lowest BCUT2D eigenvalue weighted by Crippen LogP contribution is -2.34. The number of pyridine rings is 1. The average Bonchev–Trinajstić information content (AvgIpc) is 2.59. The average molecular weight is 279 g/mol. The number of rotatable bonds is 2. The van der Waals surface area contributed by atoms with Crippen LogP contribution in [0.2, 0.25) is 0 Å².